The Kier molecular flexibility index (Phi) is 4.73. The molecule has 3 fully saturated rings. The van der Waals surface area contributed by atoms with Crippen molar-refractivity contribution in [1.29, 1.82) is 0 Å². The van der Waals surface area contributed by atoms with Gasteiger partial charge < -0.3 is 14.9 Å². The Morgan fingerprint density at radius 2 is 1.90 bits per heavy atom. The van der Waals surface area contributed by atoms with Crippen LogP contribution in [-0.2, 0) is 4.79 Å². The number of benzene rings is 1. The van der Waals surface area contributed by atoms with E-state index >= 15 is 0 Å². The van der Waals surface area contributed by atoms with Crippen molar-refractivity contribution in [1.82, 2.24) is 9.88 Å². The number of hydrogen-bond acceptors (Lipinski definition) is 4. The van der Waals surface area contributed by atoms with Crippen LogP contribution in [0.2, 0.25) is 0 Å². The number of piperidine rings is 1. The molecule has 1 aromatic carbocycles. The van der Waals surface area contributed by atoms with E-state index in [1.807, 2.05) is 6.07 Å². The summed E-state index contributed by atoms with van der Waals surface area (Å²) >= 11 is 0. The van der Waals surface area contributed by atoms with E-state index in [0.717, 1.165) is 75.9 Å². The highest BCUT2D eigenvalue weighted by atomic mass is 16.3. The maximum Gasteiger partial charge on any atom is 0.230 e. The van der Waals surface area contributed by atoms with Gasteiger partial charge in [0.15, 0.2) is 0 Å². The Hall–Kier alpha value is -2.14. The summed E-state index contributed by atoms with van der Waals surface area (Å²) in [5.41, 5.74) is 1.95. The molecule has 1 saturated carbocycles. The highest BCUT2D eigenvalue weighted by Crippen LogP contribution is 2.43. The van der Waals surface area contributed by atoms with Crippen LogP contribution in [-0.4, -0.2) is 52.7 Å². The van der Waals surface area contributed by atoms with Gasteiger partial charge in [0.1, 0.15) is 5.82 Å². The molecule has 3 heterocycles. The Morgan fingerprint density at radius 3 is 2.72 bits per heavy atom. The first kappa shape index (κ1) is 18.9. The fourth-order valence-electron chi connectivity index (χ4n) is 5.79. The predicted octanol–water partition coefficient (Wildman–Crippen LogP) is 3.67. The zero-order chi connectivity index (χ0) is 20.0. The van der Waals surface area contributed by atoms with Crippen molar-refractivity contribution in [3.8, 4) is 0 Å². The molecule has 2 aliphatic heterocycles. The van der Waals surface area contributed by atoms with Crippen LogP contribution in [0.5, 0.6) is 0 Å². The molecule has 0 unspecified atom stereocenters. The van der Waals surface area contributed by atoms with Gasteiger partial charge in [-0.1, -0.05) is 18.2 Å². The third-order valence-electron chi connectivity index (χ3n) is 7.42. The molecule has 1 amide bonds. The zero-order valence-electron chi connectivity index (χ0n) is 17.3. The van der Waals surface area contributed by atoms with Crippen LogP contribution < -0.4 is 4.90 Å². The minimum Gasteiger partial charge on any atom is -0.393 e. The standard InChI is InChI=1S/C24H31N3O2/c1-17-15-18-5-2-3-6-21(18)25-22(17)26-13-4-11-24(16-26)12-14-27(23(24)29)19-7-9-20(28)10-8-19/h2-3,5-6,15,19-20,28H,4,7-14,16H2,1H3/t19-,20-,24-/m0/s1. The Bertz CT molecular complexity index is 921. The zero-order valence-corrected chi connectivity index (χ0v) is 17.3. The van der Waals surface area contributed by atoms with Crippen LogP contribution >= 0.6 is 0 Å². The number of aromatic nitrogens is 1. The molecular formula is C24H31N3O2. The molecule has 5 rings (SSSR count). The van der Waals surface area contributed by atoms with E-state index < -0.39 is 0 Å². The monoisotopic (exact) mass is 393 g/mol. The van der Waals surface area contributed by atoms with Crippen LogP contribution in [0.25, 0.3) is 10.9 Å². The van der Waals surface area contributed by atoms with Crippen LogP contribution in [0.4, 0.5) is 5.82 Å². The number of aliphatic hydroxyl groups excluding tert-OH is 1. The number of likely N-dealkylation sites (tertiary alicyclic amines) is 1. The smallest absolute Gasteiger partial charge is 0.230 e. The molecule has 1 spiro atoms. The van der Waals surface area contributed by atoms with Gasteiger partial charge in [0.2, 0.25) is 5.91 Å². The topological polar surface area (TPSA) is 56.7 Å². The number of amides is 1. The van der Waals surface area contributed by atoms with Gasteiger partial charge >= 0.3 is 0 Å². The van der Waals surface area contributed by atoms with Crippen molar-refractivity contribution in [2.75, 3.05) is 24.5 Å². The second-order valence-corrected chi connectivity index (χ2v) is 9.34. The third kappa shape index (κ3) is 3.29. The number of carbonyl (C=O) groups excluding carboxylic acids is 1. The van der Waals surface area contributed by atoms with Crippen molar-refractivity contribution in [3.63, 3.8) is 0 Å². The maximum atomic E-state index is 13.6. The lowest BCUT2D eigenvalue weighted by Gasteiger charge is -2.41. The minimum atomic E-state index is -0.256. The fourth-order valence-corrected chi connectivity index (χ4v) is 5.79. The Morgan fingerprint density at radius 1 is 1.10 bits per heavy atom. The number of carbonyl (C=O) groups is 1. The molecule has 2 saturated heterocycles. The molecule has 5 nitrogen and oxygen atoms in total. The third-order valence-corrected chi connectivity index (χ3v) is 7.42. The summed E-state index contributed by atoms with van der Waals surface area (Å²) in [6.45, 7) is 4.75. The summed E-state index contributed by atoms with van der Waals surface area (Å²) in [5.74, 6) is 1.39. The van der Waals surface area contributed by atoms with E-state index in [4.69, 9.17) is 4.98 Å². The normalized spacial score (nSPS) is 30.5. The average Bonchev–Trinajstić information content (AvgIpc) is 3.04. The molecule has 29 heavy (non-hydrogen) atoms. The van der Waals surface area contributed by atoms with E-state index in [-0.39, 0.29) is 11.5 Å². The summed E-state index contributed by atoms with van der Waals surface area (Å²) in [7, 11) is 0. The summed E-state index contributed by atoms with van der Waals surface area (Å²) in [6, 6.07) is 10.8. The van der Waals surface area contributed by atoms with Crippen molar-refractivity contribution in [2.24, 2.45) is 5.41 Å². The Labute approximate surface area is 172 Å². The molecule has 1 atom stereocenters. The van der Waals surface area contributed by atoms with Gasteiger partial charge in [0.25, 0.3) is 0 Å². The van der Waals surface area contributed by atoms with Crippen molar-refractivity contribution in [2.45, 2.75) is 64.0 Å². The number of anilines is 1. The van der Waals surface area contributed by atoms with E-state index in [2.05, 4.69) is 41.0 Å². The number of fused-ring (bicyclic) bond motifs is 1. The molecule has 154 valence electrons. The largest absolute Gasteiger partial charge is 0.393 e. The van der Waals surface area contributed by atoms with Crippen LogP contribution in [0.1, 0.15) is 50.5 Å². The van der Waals surface area contributed by atoms with Crippen molar-refractivity contribution in [3.05, 3.63) is 35.9 Å². The number of para-hydroxylation sites is 1. The minimum absolute atomic E-state index is 0.176. The van der Waals surface area contributed by atoms with E-state index in [1.54, 1.807) is 0 Å². The first-order chi connectivity index (χ1) is 14.1. The van der Waals surface area contributed by atoms with E-state index in [0.29, 0.717) is 11.9 Å². The van der Waals surface area contributed by atoms with E-state index in [1.165, 1.54) is 10.9 Å². The van der Waals surface area contributed by atoms with Gasteiger partial charge in [-0.15, -0.1) is 0 Å². The van der Waals surface area contributed by atoms with E-state index in [9.17, 15) is 9.90 Å². The molecular weight excluding hydrogens is 362 g/mol. The first-order valence-corrected chi connectivity index (χ1v) is 11.2. The van der Waals surface area contributed by atoms with Crippen LogP contribution in [0.3, 0.4) is 0 Å². The van der Waals surface area contributed by atoms with Gasteiger partial charge in [-0.25, -0.2) is 4.98 Å². The maximum absolute atomic E-state index is 13.6. The lowest BCUT2D eigenvalue weighted by atomic mass is 9.78. The quantitative estimate of drug-likeness (QED) is 0.846. The molecule has 1 aliphatic carbocycles. The number of pyridine rings is 1. The molecule has 5 heteroatoms. The van der Waals surface area contributed by atoms with Gasteiger partial charge in [-0.2, -0.15) is 0 Å². The molecule has 0 radical (unpaired) electrons. The van der Waals surface area contributed by atoms with Crippen molar-refractivity contribution >= 4 is 22.6 Å². The summed E-state index contributed by atoms with van der Waals surface area (Å²) < 4.78 is 0. The summed E-state index contributed by atoms with van der Waals surface area (Å²) in [5, 5.41) is 11.0. The van der Waals surface area contributed by atoms with Crippen LogP contribution in [0, 0.1) is 12.3 Å². The van der Waals surface area contributed by atoms with Gasteiger partial charge in [0.05, 0.1) is 17.0 Å². The van der Waals surface area contributed by atoms with Gasteiger partial charge in [0, 0.05) is 31.1 Å². The predicted molar refractivity (Wildman–Crippen MR) is 115 cm³/mol. The van der Waals surface area contributed by atoms with Crippen LogP contribution in [0.15, 0.2) is 30.3 Å². The molecule has 1 aromatic heterocycles. The number of hydrogen-bond donors (Lipinski definition) is 1. The first-order valence-electron chi connectivity index (χ1n) is 11.2. The average molecular weight is 394 g/mol. The molecule has 1 N–H and O–H groups in total. The lowest BCUT2D eigenvalue weighted by Crippen LogP contribution is -2.50. The highest BCUT2D eigenvalue weighted by molar-refractivity contribution is 5.86. The second-order valence-electron chi connectivity index (χ2n) is 9.34. The number of aryl methyl sites for hydroxylation is 1. The number of aliphatic hydroxyl groups is 1. The SMILES string of the molecule is Cc1cc2ccccc2nc1N1CCC[C@]2(CCN([C@H]3CC[C@H](O)CC3)C2=O)C1. The number of rotatable bonds is 2. The molecule has 2 aromatic rings. The highest BCUT2D eigenvalue weighted by Gasteiger charge is 2.50. The molecule has 0 bridgehead atoms. The fraction of sp³-hybridized carbons (Fsp3) is 0.583. The summed E-state index contributed by atoms with van der Waals surface area (Å²) in [6.07, 6.45) is 6.34. The van der Waals surface area contributed by atoms with Gasteiger partial charge in [-0.05, 0) is 69.6 Å². The van der Waals surface area contributed by atoms with Crippen molar-refractivity contribution < 1.29 is 9.90 Å². The summed E-state index contributed by atoms with van der Waals surface area (Å²) in [4.78, 5) is 23.0. The van der Waals surface area contributed by atoms with Gasteiger partial charge in [-0.3, -0.25) is 4.79 Å². The second kappa shape index (κ2) is 7.28. The Balaban J connectivity index is 1.38. The molecule has 3 aliphatic rings. The lowest BCUT2D eigenvalue weighted by molar-refractivity contribution is -0.139. The number of nitrogens with zero attached hydrogens (tertiary/aromatic N) is 3.